The number of carbonyl (C=O) groups is 1. The first-order valence-corrected chi connectivity index (χ1v) is 13.0. The molecule has 1 amide bonds. The number of nitrogens with zero attached hydrogens (tertiary/aromatic N) is 4. The van der Waals surface area contributed by atoms with Crippen molar-refractivity contribution in [1.82, 2.24) is 0 Å². The van der Waals surface area contributed by atoms with Crippen LogP contribution in [0.25, 0.3) is 0 Å². The Morgan fingerprint density at radius 2 is 1.18 bits per heavy atom. The summed E-state index contributed by atoms with van der Waals surface area (Å²) in [4.78, 5) is 12.6. The maximum atomic E-state index is 12.8. The number of rotatable bonds is 9. The van der Waals surface area contributed by atoms with E-state index in [-0.39, 0.29) is 22.3 Å². The molecule has 0 saturated heterocycles. The predicted octanol–water partition coefficient (Wildman–Crippen LogP) is 6.74. The van der Waals surface area contributed by atoms with Crippen LogP contribution in [-0.2, 0) is 10.1 Å². The fourth-order valence-electron chi connectivity index (χ4n) is 3.36. The first-order chi connectivity index (χ1) is 19.2. The molecular formula is C27H23N5O7S. The summed E-state index contributed by atoms with van der Waals surface area (Å²) in [6, 6.07) is 21.1. The largest absolute Gasteiger partial charge is 0.504 e. The molecule has 0 heterocycles. The van der Waals surface area contributed by atoms with Crippen molar-refractivity contribution in [3.63, 3.8) is 0 Å². The number of phenols is 1. The fourth-order valence-corrected chi connectivity index (χ4v) is 3.84. The lowest BCUT2D eigenvalue weighted by Gasteiger charge is -2.11. The molecule has 0 unspecified atom stereocenters. The molecule has 3 N–H and O–H groups in total. The molecule has 0 saturated carbocycles. The van der Waals surface area contributed by atoms with Crippen LogP contribution in [0.2, 0.25) is 0 Å². The topological polar surface area (TPSA) is 172 Å². The molecule has 204 valence electrons. The minimum Gasteiger partial charge on any atom is -0.504 e. The van der Waals surface area contributed by atoms with Gasteiger partial charge in [0.15, 0.2) is 11.5 Å². The van der Waals surface area contributed by atoms with Crippen molar-refractivity contribution in [3.8, 4) is 17.2 Å². The number of azo groups is 2. The third-order valence-corrected chi connectivity index (χ3v) is 6.29. The number of amides is 1. The highest BCUT2D eigenvalue weighted by molar-refractivity contribution is 7.85. The van der Waals surface area contributed by atoms with Crippen molar-refractivity contribution in [3.05, 3.63) is 90.5 Å². The van der Waals surface area contributed by atoms with Crippen LogP contribution < -0.4 is 14.8 Å². The maximum Gasteiger partial charge on any atom is 0.294 e. The first kappa shape index (κ1) is 27.9. The number of aromatic hydroxyl groups is 1. The normalized spacial score (nSPS) is 11.6. The van der Waals surface area contributed by atoms with Gasteiger partial charge in [-0.1, -0.05) is 0 Å². The highest BCUT2D eigenvalue weighted by atomic mass is 32.2. The van der Waals surface area contributed by atoms with Crippen molar-refractivity contribution in [2.45, 2.75) is 4.90 Å². The zero-order valence-electron chi connectivity index (χ0n) is 21.2. The Hall–Kier alpha value is -5.14. The molecule has 0 aliphatic carbocycles. The summed E-state index contributed by atoms with van der Waals surface area (Å²) in [5, 5.41) is 28.9. The van der Waals surface area contributed by atoms with Gasteiger partial charge in [0.2, 0.25) is 0 Å². The van der Waals surface area contributed by atoms with Crippen LogP contribution in [-0.4, -0.2) is 38.2 Å². The molecule has 0 bridgehead atoms. The Balaban J connectivity index is 1.41. The van der Waals surface area contributed by atoms with Gasteiger partial charge in [0, 0.05) is 17.7 Å². The molecule has 40 heavy (non-hydrogen) atoms. The van der Waals surface area contributed by atoms with E-state index in [0.29, 0.717) is 39.7 Å². The Morgan fingerprint density at radius 3 is 1.73 bits per heavy atom. The minimum absolute atomic E-state index is 0.00110. The summed E-state index contributed by atoms with van der Waals surface area (Å²) in [6.07, 6.45) is 0. The highest BCUT2D eigenvalue weighted by Crippen LogP contribution is 2.32. The lowest BCUT2D eigenvalue weighted by atomic mass is 10.2. The van der Waals surface area contributed by atoms with Crippen LogP contribution in [0, 0.1) is 0 Å². The van der Waals surface area contributed by atoms with E-state index in [9.17, 15) is 18.3 Å². The molecule has 0 radical (unpaired) electrons. The van der Waals surface area contributed by atoms with Crippen molar-refractivity contribution < 1.29 is 32.3 Å². The Labute approximate surface area is 229 Å². The average Bonchev–Trinajstić information content (AvgIpc) is 2.96. The van der Waals surface area contributed by atoms with Gasteiger partial charge >= 0.3 is 0 Å². The van der Waals surface area contributed by atoms with Crippen LogP contribution in [0.15, 0.2) is 110 Å². The third kappa shape index (κ3) is 7.03. The summed E-state index contributed by atoms with van der Waals surface area (Å²) in [5.74, 6) is 0.251. The van der Waals surface area contributed by atoms with Gasteiger partial charge in [-0.15, -0.1) is 0 Å². The number of methoxy groups -OCH3 is 2. The molecule has 0 atom stereocenters. The Kier molecular flexibility index (Phi) is 8.47. The van der Waals surface area contributed by atoms with Gasteiger partial charge in [-0.3, -0.25) is 9.35 Å². The summed E-state index contributed by atoms with van der Waals surface area (Å²) < 4.78 is 41.8. The minimum atomic E-state index is -4.29. The van der Waals surface area contributed by atoms with E-state index in [0.717, 1.165) is 0 Å². The van der Waals surface area contributed by atoms with Crippen LogP contribution >= 0.6 is 0 Å². The zero-order valence-corrected chi connectivity index (χ0v) is 22.0. The molecule has 0 spiro atoms. The number of phenolic OH excluding ortho intramolecular Hbond substituents is 1. The van der Waals surface area contributed by atoms with Crippen LogP contribution in [0.1, 0.15) is 10.4 Å². The number of anilines is 1. The van der Waals surface area contributed by atoms with Crippen LogP contribution in [0.4, 0.5) is 28.4 Å². The molecule has 12 nitrogen and oxygen atoms in total. The van der Waals surface area contributed by atoms with Crippen LogP contribution in [0.5, 0.6) is 17.2 Å². The van der Waals surface area contributed by atoms with Crippen molar-refractivity contribution in [1.29, 1.82) is 0 Å². The van der Waals surface area contributed by atoms with E-state index in [1.54, 1.807) is 54.6 Å². The van der Waals surface area contributed by atoms with Crippen molar-refractivity contribution in [2.24, 2.45) is 20.5 Å². The molecular weight excluding hydrogens is 538 g/mol. The van der Waals surface area contributed by atoms with E-state index >= 15 is 0 Å². The summed E-state index contributed by atoms with van der Waals surface area (Å²) in [6.45, 7) is 0. The van der Waals surface area contributed by atoms with Gasteiger partial charge in [-0.25, -0.2) is 0 Å². The van der Waals surface area contributed by atoms with E-state index in [1.807, 2.05) is 0 Å². The number of benzene rings is 4. The van der Waals surface area contributed by atoms with Gasteiger partial charge in [0.1, 0.15) is 5.75 Å². The number of carbonyl (C=O) groups excluding carboxylic acids is 1. The maximum absolute atomic E-state index is 12.8. The molecule has 0 aliphatic heterocycles. The number of nitrogens with one attached hydrogen (secondary N) is 1. The lowest BCUT2D eigenvalue weighted by Crippen LogP contribution is -2.12. The molecule has 4 aromatic rings. The predicted molar refractivity (Wildman–Crippen MR) is 147 cm³/mol. The number of ether oxygens (including phenoxy) is 2. The number of hydrogen-bond acceptors (Lipinski definition) is 10. The molecule has 0 aliphatic rings. The smallest absolute Gasteiger partial charge is 0.294 e. The highest BCUT2D eigenvalue weighted by Gasteiger charge is 2.12. The molecule has 0 aromatic heterocycles. The molecule has 4 aromatic carbocycles. The van der Waals surface area contributed by atoms with Crippen LogP contribution in [0.3, 0.4) is 0 Å². The first-order valence-electron chi connectivity index (χ1n) is 11.5. The second-order valence-corrected chi connectivity index (χ2v) is 9.53. The summed E-state index contributed by atoms with van der Waals surface area (Å²) >= 11 is 0. The Bertz CT molecular complexity index is 1690. The zero-order chi connectivity index (χ0) is 28.7. The van der Waals surface area contributed by atoms with Crippen molar-refractivity contribution in [2.75, 3.05) is 19.5 Å². The molecule has 4 rings (SSSR count). The van der Waals surface area contributed by atoms with Gasteiger partial charge < -0.3 is 19.9 Å². The third-order valence-electron chi connectivity index (χ3n) is 5.42. The van der Waals surface area contributed by atoms with Gasteiger partial charge in [0.25, 0.3) is 16.0 Å². The SMILES string of the molecule is COc1cc(N=Nc2ccc(C(=O)Nc3ccc(N=Nc4ccc(S(=O)(=O)O)cc4)cc3OC)cc2)ccc1O. The van der Waals surface area contributed by atoms with E-state index in [2.05, 4.69) is 25.8 Å². The number of hydrogen-bond donors (Lipinski definition) is 3. The Morgan fingerprint density at radius 1 is 0.700 bits per heavy atom. The lowest BCUT2D eigenvalue weighted by molar-refractivity contribution is 0.102. The fraction of sp³-hybridized carbons (Fsp3) is 0.0741. The molecule has 13 heteroatoms. The van der Waals surface area contributed by atoms with Gasteiger partial charge in [-0.05, 0) is 72.8 Å². The second-order valence-electron chi connectivity index (χ2n) is 8.11. The summed E-state index contributed by atoms with van der Waals surface area (Å²) in [5.41, 5.74) is 2.59. The second kappa shape index (κ2) is 12.1. The quantitative estimate of drug-likeness (QED) is 0.150. The summed E-state index contributed by atoms with van der Waals surface area (Å²) in [7, 11) is -1.41. The van der Waals surface area contributed by atoms with Gasteiger partial charge in [0.05, 0.1) is 47.6 Å². The van der Waals surface area contributed by atoms with E-state index < -0.39 is 10.1 Å². The average molecular weight is 562 g/mol. The standard InChI is InChI=1S/C27H23N5O7S/c1-38-25-15-20(31-30-19-7-11-22(12-8-19)40(35,36)37)9-13-23(25)28-27(34)17-3-5-18(6-4-17)29-32-21-10-14-24(33)26(16-21)39-2/h3-16,33H,1-2H3,(H,28,34)(H,35,36,37). The van der Waals surface area contributed by atoms with Crippen molar-refractivity contribution >= 4 is 44.5 Å². The molecule has 0 fully saturated rings. The van der Waals surface area contributed by atoms with E-state index in [4.69, 9.17) is 14.0 Å². The van der Waals surface area contributed by atoms with Gasteiger partial charge in [-0.2, -0.15) is 28.9 Å². The monoisotopic (exact) mass is 561 g/mol. The van der Waals surface area contributed by atoms with E-state index in [1.165, 1.54) is 44.6 Å².